The average molecular weight is 354 g/mol. The van der Waals surface area contributed by atoms with Gasteiger partial charge in [-0.3, -0.25) is 4.90 Å². The first-order valence-electron chi connectivity index (χ1n) is 8.84. The first-order valence-corrected chi connectivity index (χ1v) is 10.4. The van der Waals surface area contributed by atoms with Gasteiger partial charge in [-0.2, -0.15) is 0 Å². The van der Waals surface area contributed by atoms with Crippen LogP contribution in [0.25, 0.3) is 0 Å². The molecule has 1 spiro atoms. The van der Waals surface area contributed by atoms with E-state index in [1.165, 1.54) is 0 Å². The topological polar surface area (TPSA) is 71.8 Å². The van der Waals surface area contributed by atoms with Crippen molar-refractivity contribution in [3.05, 3.63) is 23.7 Å². The molecule has 0 amide bonds. The third-order valence-corrected chi connectivity index (χ3v) is 7.29. The molecule has 3 heterocycles. The van der Waals surface area contributed by atoms with Crippen LogP contribution in [-0.4, -0.2) is 50.4 Å². The van der Waals surface area contributed by atoms with Crippen LogP contribution in [-0.2, 0) is 21.3 Å². The van der Waals surface area contributed by atoms with Gasteiger partial charge >= 0.3 is 0 Å². The van der Waals surface area contributed by atoms with E-state index >= 15 is 0 Å². The number of likely N-dealkylation sites (tertiary alicyclic amines) is 1. The molecule has 134 valence electrons. The SMILES string of the molecule is Cc1ccc(CN2CC3(CCC(CNS(=O)(=O)C4CC4)CO3)C2)o1. The lowest BCUT2D eigenvalue weighted by Crippen LogP contribution is -2.64. The van der Waals surface area contributed by atoms with Crippen LogP contribution in [0.5, 0.6) is 0 Å². The summed E-state index contributed by atoms with van der Waals surface area (Å²) in [7, 11) is -3.07. The van der Waals surface area contributed by atoms with Crippen LogP contribution >= 0.6 is 0 Å². The molecule has 2 aliphatic heterocycles. The maximum atomic E-state index is 11.9. The Morgan fingerprint density at radius 3 is 2.67 bits per heavy atom. The van der Waals surface area contributed by atoms with Crippen molar-refractivity contribution in [2.75, 3.05) is 26.2 Å². The molecule has 3 aliphatic rings. The number of nitrogens with one attached hydrogen (secondary N) is 1. The Labute approximate surface area is 143 Å². The van der Waals surface area contributed by atoms with E-state index in [1.54, 1.807) is 0 Å². The Morgan fingerprint density at radius 1 is 1.29 bits per heavy atom. The summed E-state index contributed by atoms with van der Waals surface area (Å²) in [4.78, 5) is 2.34. The molecule has 3 fully saturated rings. The van der Waals surface area contributed by atoms with Crippen LogP contribution in [0.1, 0.15) is 37.2 Å². The summed E-state index contributed by atoms with van der Waals surface area (Å²) in [6, 6.07) is 4.03. The van der Waals surface area contributed by atoms with Crippen LogP contribution in [0.3, 0.4) is 0 Å². The van der Waals surface area contributed by atoms with Crippen molar-refractivity contribution >= 4 is 10.0 Å². The van der Waals surface area contributed by atoms with Gasteiger partial charge in [0.2, 0.25) is 10.0 Å². The predicted octanol–water partition coefficient (Wildman–Crippen LogP) is 1.65. The first-order chi connectivity index (χ1) is 11.4. The molecule has 0 bridgehead atoms. The molecular formula is C17H26N2O4S. The molecule has 4 rings (SSSR count). The van der Waals surface area contributed by atoms with Gasteiger partial charge < -0.3 is 9.15 Å². The fourth-order valence-corrected chi connectivity index (χ4v) is 5.19. The zero-order chi connectivity index (χ0) is 16.8. The third kappa shape index (κ3) is 3.54. The van der Waals surface area contributed by atoms with E-state index in [1.807, 2.05) is 19.1 Å². The standard InChI is InChI=1S/C17H26N2O4S/c1-13-2-3-15(23-13)9-19-11-17(12-19)7-6-14(10-22-17)8-18-24(20,21)16-4-5-16/h2-3,14,16,18H,4-12H2,1H3. The normalized spacial score (nSPS) is 27.3. The van der Waals surface area contributed by atoms with Crippen LogP contribution in [0.4, 0.5) is 0 Å². The average Bonchev–Trinajstić information content (AvgIpc) is 3.30. The molecule has 0 radical (unpaired) electrons. The molecule has 2 saturated heterocycles. The second-order valence-electron chi connectivity index (χ2n) is 7.65. The maximum absolute atomic E-state index is 11.9. The van der Waals surface area contributed by atoms with E-state index in [-0.39, 0.29) is 10.9 Å². The molecule has 24 heavy (non-hydrogen) atoms. The molecule has 1 aliphatic carbocycles. The number of hydrogen-bond acceptors (Lipinski definition) is 5. The van der Waals surface area contributed by atoms with Crippen LogP contribution in [0.15, 0.2) is 16.5 Å². The zero-order valence-corrected chi connectivity index (χ0v) is 15.0. The summed E-state index contributed by atoms with van der Waals surface area (Å²) in [5.74, 6) is 2.25. The summed E-state index contributed by atoms with van der Waals surface area (Å²) in [6.07, 6.45) is 3.66. The Bertz CT molecular complexity index is 679. The minimum Gasteiger partial charge on any atom is -0.465 e. The van der Waals surface area contributed by atoms with Crippen LogP contribution in [0, 0.1) is 12.8 Å². The summed E-state index contributed by atoms with van der Waals surface area (Å²) >= 11 is 0. The lowest BCUT2D eigenvalue weighted by atomic mass is 9.83. The van der Waals surface area contributed by atoms with E-state index in [0.29, 0.717) is 19.1 Å². The van der Waals surface area contributed by atoms with E-state index in [9.17, 15) is 8.42 Å². The van der Waals surface area contributed by atoms with Gasteiger partial charge in [-0.1, -0.05) is 0 Å². The molecule has 6 nitrogen and oxygen atoms in total. The number of sulfonamides is 1. The highest BCUT2D eigenvalue weighted by Gasteiger charge is 2.46. The monoisotopic (exact) mass is 354 g/mol. The number of furan rings is 1. The third-order valence-electron chi connectivity index (χ3n) is 5.37. The molecule has 1 N–H and O–H groups in total. The Hall–Kier alpha value is -0.890. The van der Waals surface area contributed by atoms with Gasteiger partial charge in [-0.05, 0) is 50.7 Å². The quantitative estimate of drug-likeness (QED) is 0.841. The predicted molar refractivity (Wildman–Crippen MR) is 90.1 cm³/mol. The highest BCUT2D eigenvalue weighted by atomic mass is 32.2. The largest absolute Gasteiger partial charge is 0.465 e. The molecule has 1 aromatic rings. The van der Waals surface area contributed by atoms with Crippen LogP contribution < -0.4 is 4.72 Å². The van der Waals surface area contributed by atoms with Crippen molar-refractivity contribution in [3.8, 4) is 0 Å². The number of ether oxygens (including phenoxy) is 1. The lowest BCUT2D eigenvalue weighted by molar-refractivity contribution is -0.181. The van der Waals surface area contributed by atoms with E-state index in [2.05, 4.69) is 9.62 Å². The van der Waals surface area contributed by atoms with Gasteiger partial charge in [0, 0.05) is 19.6 Å². The highest BCUT2D eigenvalue weighted by Crippen LogP contribution is 2.37. The molecule has 1 unspecified atom stereocenters. The molecule has 1 aromatic heterocycles. The lowest BCUT2D eigenvalue weighted by Gasteiger charge is -2.52. The summed E-state index contributed by atoms with van der Waals surface area (Å²) < 4.78 is 38.3. The van der Waals surface area contributed by atoms with Crippen LogP contribution in [0.2, 0.25) is 0 Å². The van der Waals surface area contributed by atoms with Gasteiger partial charge in [0.25, 0.3) is 0 Å². The molecule has 0 aromatic carbocycles. The Morgan fingerprint density at radius 2 is 2.08 bits per heavy atom. The Balaban J connectivity index is 1.20. The molecule has 1 atom stereocenters. The van der Waals surface area contributed by atoms with Crippen molar-refractivity contribution in [2.45, 2.75) is 50.0 Å². The smallest absolute Gasteiger partial charge is 0.214 e. The number of rotatable bonds is 6. The number of nitrogens with zero attached hydrogens (tertiary/aromatic N) is 1. The Kier molecular flexibility index (Phi) is 4.23. The summed E-state index contributed by atoms with van der Waals surface area (Å²) in [5, 5.41) is -0.140. The van der Waals surface area contributed by atoms with Gasteiger partial charge in [0.05, 0.1) is 24.0 Å². The minimum atomic E-state index is -3.07. The van der Waals surface area contributed by atoms with Crippen molar-refractivity contribution < 1.29 is 17.6 Å². The first kappa shape index (κ1) is 16.6. The van der Waals surface area contributed by atoms with Crippen molar-refractivity contribution in [1.82, 2.24) is 9.62 Å². The molecule has 1 saturated carbocycles. The van der Waals surface area contributed by atoms with E-state index in [0.717, 1.165) is 56.8 Å². The van der Waals surface area contributed by atoms with Crippen molar-refractivity contribution in [3.63, 3.8) is 0 Å². The van der Waals surface area contributed by atoms with Crippen molar-refractivity contribution in [2.24, 2.45) is 5.92 Å². The second kappa shape index (κ2) is 6.12. The molecular weight excluding hydrogens is 328 g/mol. The maximum Gasteiger partial charge on any atom is 0.214 e. The number of hydrogen-bond donors (Lipinski definition) is 1. The van der Waals surface area contributed by atoms with E-state index in [4.69, 9.17) is 9.15 Å². The van der Waals surface area contributed by atoms with Gasteiger partial charge in [0.1, 0.15) is 11.5 Å². The molecule has 7 heteroatoms. The highest BCUT2D eigenvalue weighted by molar-refractivity contribution is 7.90. The fraction of sp³-hybridized carbons (Fsp3) is 0.765. The zero-order valence-electron chi connectivity index (χ0n) is 14.2. The second-order valence-corrected chi connectivity index (χ2v) is 9.69. The summed E-state index contributed by atoms with van der Waals surface area (Å²) in [6.45, 7) is 5.85. The van der Waals surface area contributed by atoms with Gasteiger partial charge in [-0.15, -0.1) is 0 Å². The van der Waals surface area contributed by atoms with Gasteiger partial charge in [0.15, 0.2) is 0 Å². The van der Waals surface area contributed by atoms with Crippen molar-refractivity contribution in [1.29, 1.82) is 0 Å². The summed E-state index contributed by atoms with van der Waals surface area (Å²) in [5.41, 5.74) is -0.0203. The number of aryl methyl sites for hydroxylation is 1. The fourth-order valence-electron chi connectivity index (χ4n) is 3.73. The van der Waals surface area contributed by atoms with Gasteiger partial charge in [-0.25, -0.2) is 13.1 Å². The van der Waals surface area contributed by atoms with E-state index < -0.39 is 10.0 Å². The minimum absolute atomic E-state index is 0.0203.